The van der Waals surface area contributed by atoms with Gasteiger partial charge in [0.15, 0.2) is 0 Å². The van der Waals surface area contributed by atoms with Crippen molar-refractivity contribution < 1.29 is 14.3 Å². The summed E-state index contributed by atoms with van der Waals surface area (Å²) in [6, 6.07) is 0. The molecule has 2 saturated heterocycles. The Bertz CT molecular complexity index is 293. The van der Waals surface area contributed by atoms with Gasteiger partial charge in [-0.05, 0) is 19.3 Å². The lowest BCUT2D eigenvalue weighted by Gasteiger charge is -2.34. The molecule has 1 atom stereocenters. The number of rotatable bonds is 2. The Hall–Kier alpha value is -1.26. The van der Waals surface area contributed by atoms with Gasteiger partial charge in [-0.3, -0.25) is 4.79 Å². The van der Waals surface area contributed by atoms with Gasteiger partial charge in [-0.25, -0.2) is 4.79 Å². The predicted octanol–water partition coefficient (Wildman–Crippen LogP) is 0.697. The first kappa shape index (κ1) is 11.2. The molecule has 0 radical (unpaired) electrons. The maximum absolute atomic E-state index is 11.9. The zero-order valence-corrected chi connectivity index (χ0v) is 9.65. The van der Waals surface area contributed by atoms with Crippen molar-refractivity contribution >= 4 is 12.0 Å². The van der Waals surface area contributed by atoms with Crippen LogP contribution in [0.3, 0.4) is 0 Å². The first-order chi connectivity index (χ1) is 7.68. The third-order valence-corrected chi connectivity index (χ3v) is 3.27. The van der Waals surface area contributed by atoms with Crippen LogP contribution in [-0.4, -0.2) is 55.1 Å². The number of ether oxygens (including phenoxy) is 1. The van der Waals surface area contributed by atoms with Crippen molar-refractivity contribution in [2.75, 3.05) is 33.3 Å². The molecule has 2 aliphatic heterocycles. The number of cyclic esters (lactones) is 1. The zero-order chi connectivity index (χ0) is 11.5. The number of carbonyl (C=O) groups is 2. The van der Waals surface area contributed by atoms with E-state index in [1.807, 2.05) is 7.05 Å². The highest BCUT2D eigenvalue weighted by Crippen LogP contribution is 2.19. The first-order valence-electron chi connectivity index (χ1n) is 5.85. The number of hydrogen-bond acceptors (Lipinski definition) is 3. The molecule has 2 rings (SSSR count). The van der Waals surface area contributed by atoms with Crippen LogP contribution >= 0.6 is 0 Å². The molecular formula is C11H18N2O3. The summed E-state index contributed by atoms with van der Waals surface area (Å²) in [5.41, 5.74) is 0. The molecule has 0 saturated carbocycles. The Morgan fingerprint density at radius 2 is 2.12 bits per heavy atom. The third-order valence-electron chi connectivity index (χ3n) is 3.27. The molecule has 2 heterocycles. The highest BCUT2D eigenvalue weighted by molar-refractivity contribution is 5.80. The van der Waals surface area contributed by atoms with Gasteiger partial charge in [0, 0.05) is 26.7 Å². The lowest BCUT2D eigenvalue weighted by molar-refractivity contribution is -0.137. The van der Waals surface area contributed by atoms with Gasteiger partial charge in [-0.1, -0.05) is 0 Å². The van der Waals surface area contributed by atoms with E-state index in [9.17, 15) is 9.59 Å². The van der Waals surface area contributed by atoms with Crippen LogP contribution in [-0.2, 0) is 9.53 Å². The smallest absolute Gasteiger partial charge is 0.409 e. The van der Waals surface area contributed by atoms with Gasteiger partial charge in [0.25, 0.3) is 0 Å². The van der Waals surface area contributed by atoms with Crippen molar-refractivity contribution in [3.8, 4) is 0 Å². The number of amides is 2. The maximum atomic E-state index is 11.9. The molecule has 5 heteroatoms. The summed E-state index contributed by atoms with van der Waals surface area (Å²) in [6.07, 6.45) is 2.50. The molecular weight excluding hydrogens is 208 g/mol. The fourth-order valence-electron chi connectivity index (χ4n) is 2.32. The minimum Gasteiger partial charge on any atom is -0.449 e. The van der Waals surface area contributed by atoms with E-state index in [4.69, 9.17) is 4.74 Å². The summed E-state index contributed by atoms with van der Waals surface area (Å²) in [5, 5.41) is 0. The van der Waals surface area contributed by atoms with Crippen LogP contribution in [0.25, 0.3) is 0 Å². The Morgan fingerprint density at radius 3 is 2.88 bits per heavy atom. The second-order valence-electron chi connectivity index (χ2n) is 4.51. The molecule has 1 unspecified atom stereocenters. The fourth-order valence-corrected chi connectivity index (χ4v) is 2.32. The van der Waals surface area contributed by atoms with Gasteiger partial charge in [-0.15, -0.1) is 0 Å². The number of nitrogens with zero attached hydrogens (tertiary/aromatic N) is 2. The van der Waals surface area contributed by atoms with E-state index in [0.29, 0.717) is 19.7 Å². The van der Waals surface area contributed by atoms with Crippen LogP contribution in [0.4, 0.5) is 4.79 Å². The van der Waals surface area contributed by atoms with Crippen LogP contribution in [0.1, 0.15) is 19.3 Å². The van der Waals surface area contributed by atoms with Gasteiger partial charge in [0.05, 0.1) is 12.5 Å². The second-order valence-corrected chi connectivity index (χ2v) is 4.51. The summed E-state index contributed by atoms with van der Waals surface area (Å²) in [6.45, 7) is 2.57. The summed E-state index contributed by atoms with van der Waals surface area (Å²) in [7, 11) is 1.82. The van der Waals surface area contributed by atoms with E-state index in [0.717, 1.165) is 25.8 Å². The topological polar surface area (TPSA) is 49.9 Å². The molecule has 0 spiro atoms. The largest absolute Gasteiger partial charge is 0.449 e. The van der Waals surface area contributed by atoms with Gasteiger partial charge >= 0.3 is 6.09 Å². The molecule has 2 fully saturated rings. The summed E-state index contributed by atoms with van der Waals surface area (Å²) in [5.74, 6) is 0.119. The Morgan fingerprint density at radius 1 is 1.31 bits per heavy atom. The van der Waals surface area contributed by atoms with E-state index < -0.39 is 0 Å². The fraction of sp³-hybridized carbons (Fsp3) is 0.818. The Kier molecular flexibility index (Phi) is 3.31. The monoisotopic (exact) mass is 226 g/mol. The molecule has 90 valence electrons. The number of likely N-dealkylation sites (tertiary alicyclic amines) is 1. The molecule has 2 aliphatic rings. The number of hydrogen-bond donors (Lipinski definition) is 0. The summed E-state index contributed by atoms with van der Waals surface area (Å²) >= 11 is 0. The Balaban J connectivity index is 1.92. The normalized spacial score (nSPS) is 26.9. The van der Waals surface area contributed by atoms with Crippen molar-refractivity contribution in [2.24, 2.45) is 5.92 Å². The van der Waals surface area contributed by atoms with Crippen molar-refractivity contribution in [3.63, 3.8) is 0 Å². The maximum Gasteiger partial charge on any atom is 0.409 e. The van der Waals surface area contributed by atoms with Crippen LogP contribution in [0.15, 0.2) is 0 Å². The average molecular weight is 226 g/mol. The highest BCUT2D eigenvalue weighted by Gasteiger charge is 2.30. The van der Waals surface area contributed by atoms with Crippen molar-refractivity contribution in [2.45, 2.75) is 19.3 Å². The average Bonchev–Trinajstić information content (AvgIpc) is 2.28. The van der Waals surface area contributed by atoms with E-state index in [1.165, 1.54) is 0 Å². The standard InChI is InChI=1S/C11H18N2O3/c1-12-5-2-4-9(10(12)14)8-13-6-3-7-16-11(13)15/h9H,2-8H2,1H3. The zero-order valence-electron chi connectivity index (χ0n) is 9.65. The number of piperidine rings is 1. The molecule has 16 heavy (non-hydrogen) atoms. The van der Waals surface area contributed by atoms with E-state index >= 15 is 0 Å². The molecule has 2 amide bonds. The van der Waals surface area contributed by atoms with E-state index in [2.05, 4.69) is 0 Å². The van der Waals surface area contributed by atoms with Crippen LogP contribution in [0.5, 0.6) is 0 Å². The quantitative estimate of drug-likeness (QED) is 0.696. The molecule has 0 bridgehead atoms. The van der Waals surface area contributed by atoms with E-state index in [1.54, 1.807) is 9.80 Å². The van der Waals surface area contributed by atoms with Crippen LogP contribution < -0.4 is 0 Å². The molecule has 0 N–H and O–H groups in total. The van der Waals surface area contributed by atoms with Crippen molar-refractivity contribution in [1.29, 1.82) is 0 Å². The number of carbonyl (C=O) groups excluding carboxylic acids is 2. The lowest BCUT2D eigenvalue weighted by Crippen LogP contribution is -2.47. The predicted molar refractivity (Wildman–Crippen MR) is 57.9 cm³/mol. The third kappa shape index (κ3) is 2.28. The van der Waals surface area contributed by atoms with E-state index in [-0.39, 0.29) is 17.9 Å². The molecule has 0 aromatic rings. The van der Waals surface area contributed by atoms with Crippen molar-refractivity contribution in [3.05, 3.63) is 0 Å². The van der Waals surface area contributed by atoms with Gasteiger partial charge in [0.2, 0.25) is 5.91 Å². The first-order valence-corrected chi connectivity index (χ1v) is 5.85. The van der Waals surface area contributed by atoms with Gasteiger partial charge in [-0.2, -0.15) is 0 Å². The van der Waals surface area contributed by atoms with Crippen LogP contribution in [0, 0.1) is 5.92 Å². The molecule has 5 nitrogen and oxygen atoms in total. The SMILES string of the molecule is CN1CCCC(CN2CCCOC2=O)C1=O. The van der Waals surface area contributed by atoms with Crippen molar-refractivity contribution in [1.82, 2.24) is 9.80 Å². The molecule has 0 aliphatic carbocycles. The summed E-state index contributed by atoms with van der Waals surface area (Å²) < 4.78 is 4.96. The molecule has 0 aromatic heterocycles. The highest BCUT2D eigenvalue weighted by atomic mass is 16.6. The summed E-state index contributed by atoms with van der Waals surface area (Å²) in [4.78, 5) is 26.7. The van der Waals surface area contributed by atoms with Gasteiger partial charge in [0.1, 0.15) is 0 Å². The second kappa shape index (κ2) is 4.72. The lowest BCUT2D eigenvalue weighted by atomic mass is 9.97. The van der Waals surface area contributed by atoms with Gasteiger partial charge < -0.3 is 14.5 Å². The molecule has 0 aromatic carbocycles. The minimum absolute atomic E-state index is 0.0376. The minimum atomic E-state index is -0.271. The van der Waals surface area contributed by atoms with Crippen LogP contribution in [0.2, 0.25) is 0 Å². The Labute approximate surface area is 95.3 Å².